The maximum absolute atomic E-state index is 13.7. The molecule has 3 N–H and O–H groups in total. The first-order chi connectivity index (χ1) is 18.9. The third kappa shape index (κ3) is 6.42. The molecule has 1 aliphatic heterocycles. The minimum atomic E-state index is -4.59. The van der Waals surface area contributed by atoms with Crippen LogP contribution < -0.4 is 10.9 Å². The van der Waals surface area contributed by atoms with Crippen molar-refractivity contribution in [2.45, 2.75) is 43.5 Å². The second-order valence-electron chi connectivity index (χ2n) is 9.62. The second-order valence-corrected chi connectivity index (χ2v) is 9.62. The van der Waals surface area contributed by atoms with E-state index in [1.165, 1.54) is 44.7 Å². The number of benzene rings is 1. The standard InChI is InChI=1S/C26H27F3N6O5/c1-33-19(8-5-11-30-24(38)39)21-22(32-33)23(37)35(16-31-21)15-25(40)9-12-34(13-10-25)20(36)14-18(26(27,28)29)17-6-3-2-4-7-17/h2-4,6-7,16,18,30,40H,9-15H2,1H3,(H,38,39). The van der Waals surface area contributed by atoms with Gasteiger partial charge in [0.2, 0.25) is 5.91 Å². The monoisotopic (exact) mass is 560 g/mol. The maximum Gasteiger partial charge on any atom is 0.405 e. The number of hydrogen-bond acceptors (Lipinski definition) is 6. The number of aryl methyl sites for hydroxylation is 1. The Bertz CT molecular complexity index is 1520. The van der Waals surface area contributed by atoms with Gasteiger partial charge in [0.25, 0.3) is 5.56 Å². The molecule has 0 spiro atoms. The van der Waals surface area contributed by atoms with Gasteiger partial charge in [-0.3, -0.25) is 18.8 Å². The van der Waals surface area contributed by atoms with Crippen LogP contribution in [-0.4, -0.2) is 77.9 Å². The Hall–Kier alpha value is -4.38. The number of halogens is 3. The van der Waals surface area contributed by atoms with Gasteiger partial charge in [-0.15, -0.1) is 0 Å². The lowest BCUT2D eigenvalue weighted by molar-refractivity contribution is -0.162. The number of alkyl halides is 3. The number of carboxylic acid groups (broad SMARTS) is 1. The van der Waals surface area contributed by atoms with E-state index >= 15 is 0 Å². The van der Waals surface area contributed by atoms with Gasteiger partial charge in [-0.05, 0) is 24.3 Å². The number of nitrogens with zero attached hydrogens (tertiary/aromatic N) is 5. The van der Waals surface area contributed by atoms with Gasteiger partial charge in [-0.1, -0.05) is 36.3 Å². The average molecular weight is 561 g/mol. The molecule has 1 aliphatic rings. The molecule has 40 heavy (non-hydrogen) atoms. The number of piperidine rings is 1. The summed E-state index contributed by atoms with van der Waals surface area (Å²) < 4.78 is 43.6. The highest BCUT2D eigenvalue weighted by Gasteiger charge is 2.43. The fourth-order valence-electron chi connectivity index (χ4n) is 4.65. The zero-order valence-corrected chi connectivity index (χ0v) is 21.5. The third-order valence-electron chi connectivity index (χ3n) is 6.83. The van der Waals surface area contributed by atoms with Crippen molar-refractivity contribution in [2.24, 2.45) is 7.05 Å². The zero-order valence-electron chi connectivity index (χ0n) is 21.5. The number of rotatable bonds is 6. The first kappa shape index (κ1) is 28.6. The van der Waals surface area contributed by atoms with E-state index in [-0.39, 0.29) is 55.6 Å². The molecule has 0 saturated carbocycles. The number of carbonyl (C=O) groups excluding carboxylic acids is 1. The first-order valence-electron chi connectivity index (χ1n) is 12.4. The Morgan fingerprint density at radius 1 is 1.18 bits per heavy atom. The SMILES string of the molecule is Cn1nc2c(=O)n(CC3(O)CCN(C(=O)CC(c4ccccc4)C(F)(F)F)CC3)cnc2c1C#CCNC(=O)O. The van der Waals surface area contributed by atoms with E-state index in [1.807, 2.05) is 0 Å². The van der Waals surface area contributed by atoms with Crippen LogP contribution in [0.2, 0.25) is 0 Å². The van der Waals surface area contributed by atoms with Crippen LogP contribution in [0.4, 0.5) is 18.0 Å². The molecule has 1 aromatic carbocycles. The van der Waals surface area contributed by atoms with Crippen molar-refractivity contribution in [1.29, 1.82) is 0 Å². The molecule has 1 saturated heterocycles. The Balaban J connectivity index is 1.43. The molecule has 0 bridgehead atoms. The molecule has 0 aliphatic carbocycles. The highest BCUT2D eigenvalue weighted by atomic mass is 19.4. The normalized spacial score (nSPS) is 15.8. The van der Waals surface area contributed by atoms with E-state index < -0.39 is 41.7 Å². The Kier molecular flexibility index (Phi) is 8.15. The van der Waals surface area contributed by atoms with Gasteiger partial charge < -0.3 is 20.4 Å². The lowest BCUT2D eigenvalue weighted by Gasteiger charge is -2.39. The van der Waals surface area contributed by atoms with Crippen LogP contribution in [-0.2, 0) is 18.4 Å². The van der Waals surface area contributed by atoms with Gasteiger partial charge in [0.1, 0.15) is 11.2 Å². The molecule has 2 aromatic heterocycles. The number of fused-ring (bicyclic) bond motifs is 1. The number of likely N-dealkylation sites (tertiary alicyclic amines) is 1. The molecule has 212 valence electrons. The summed E-state index contributed by atoms with van der Waals surface area (Å²) in [7, 11) is 1.56. The molecule has 1 unspecified atom stereocenters. The number of aliphatic hydroxyl groups is 1. The van der Waals surface area contributed by atoms with Crippen molar-refractivity contribution in [3.05, 3.63) is 58.3 Å². The van der Waals surface area contributed by atoms with Gasteiger partial charge in [0, 0.05) is 26.6 Å². The van der Waals surface area contributed by atoms with Gasteiger partial charge >= 0.3 is 12.3 Å². The summed E-state index contributed by atoms with van der Waals surface area (Å²) in [5.74, 6) is 2.76. The van der Waals surface area contributed by atoms with Crippen molar-refractivity contribution in [3.8, 4) is 11.8 Å². The zero-order chi connectivity index (χ0) is 29.1. The van der Waals surface area contributed by atoms with Crippen molar-refractivity contribution < 1.29 is 33.0 Å². The van der Waals surface area contributed by atoms with E-state index in [0.29, 0.717) is 5.69 Å². The summed E-state index contributed by atoms with van der Waals surface area (Å²) in [5, 5.41) is 26.1. The summed E-state index contributed by atoms with van der Waals surface area (Å²) in [6.45, 7) is -0.208. The summed E-state index contributed by atoms with van der Waals surface area (Å²) in [6, 6.07) is 7.28. The topological polar surface area (TPSA) is 143 Å². The van der Waals surface area contributed by atoms with Gasteiger partial charge in [0.15, 0.2) is 5.52 Å². The molecular formula is C26H27F3N6O5. The van der Waals surface area contributed by atoms with Crippen LogP contribution in [0, 0.1) is 11.8 Å². The van der Waals surface area contributed by atoms with E-state index in [9.17, 15) is 32.7 Å². The van der Waals surface area contributed by atoms with Crippen LogP contribution in [0.5, 0.6) is 0 Å². The van der Waals surface area contributed by atoms with Crippen LogP contribution in [0.15, 0.2) is 41.5 Å². The number of hydrogen-bond donors (Lipinski definition) is 3. The lowest BCUT2D eigenvalue weighted by Crippen LogP contribution is -2.50. The Morgan fingerprint density at radius 3 is 2.48 bits per heavy atom. The first-order valence-corrected chi connectivity index (χ1v) is 12.4. The molecule has 3 aromatic rings. The van der Waals surface area contributed by atoms with Crippen molar-refractivity contribution in [2.75, 3.05) is 19.6 Å². The summed E-state index contributed by atoms with van der Waals surface area (Å²) >= 11 is 0. The second kappa shape index (κ2) is 11.4. The fourth-order valence-corrected chi connectivity index (χ4v) is 4.65. The number of carbonyl (C=O) groups is 2. The quantitative estimate of drug-likeness (QED) is 0.391. The molecule has 1 atom stereocenters. The van der Waals surface area contributed by atoms with Gasteiger partial charge in [-0.25, -0.2) is 9.78 Å². The largest absolute Gasteiger partial charge is 0.465 e. The predicted molar refractivity (Wildman–Crippen MR) is 136 cm³/mol. The average Bonchev–Trinajstić information content (AvgIpc) is 3.22. The Labute approximate surface area is 226 Å². The van der Waals surface area contributed by atoms with Crippen LogP contribution in [0.1, 0.15) is 36.4 Å². The van der Waals surface area contributed by atoms with Crippen molar-refractivity contribution in [3.63, 3.8) is 0 Å². The molecule has 0 radical (unpaired) electrons. The van der Waals surface area contributed by atoms with E-state index in [0.717, 1.165) is 0 Å². The van der Waals surface area contributed by atoms with Crippen molar-refractivity contribution >= 4 is 23.0 Å². The van der Waals surface area contributed by atoms with Gasteiger partial charge in [0.05, 0.1) is 30.9 Å². The molecule has 11 nitrogen and oxygen atoms in total. The van der Waals surface area contributed by atoms with Gasteiger partial charge in [-0.2, -0.15) is 18.3 Å². The van der Waals surface area contributed by atoms with Crippen LogP contribution >= 0.6 is 0 Å². The lowest BCUT2D eigenvalue weighted by atomic mass is 9.90. The fraction of sp³-hybridized carbons (Fsp3) is 0.423. The molecule has 1 fully saturated rings. The molecular weight excluding hydrogens is 533 g/mol. The third-order valence-corrected chi connectivity index (χ3v) is 6.83. The molecule has 14 heteroatoms. The maximum atomic E-state index is 13.7. The Morgan fingerprint density at radius 2 is 1.85 bits per heavy atom. The van der Waals surface area contributed by atoms with Crippen LogP contribution in [0.25, 0.3) is 11.0 Å². The minimum absolute atomic E-state index is 0.0100. The highest BCUT2D eigenvalue weighted by molar-refractivity contribution is 5.79. The van der Waals surface area contributed by atoms with E-state index in [4.69, 9.17) is 5.11 Å². The number of amides is 2. The van der Waals surface area contributed by atoms with Crippen LogP contribution in [0.3, 0.4) is 0 Å². The molecule has 4 rings (SSSR count). The minimum Gasteiger partial charge on any atom is -0.465 e. The number of aromatic nitrogens is 4. The highest BCUT2D eigenvalue weighted by Crippen LogP contribution is 2.38. The summed E-state index contributed by atoms with van der Waals surface area (Å²) in [6.07, 6.45) is -5.19. The molecule has 2 amide bonds. The summed E-state index contributed by atoms with van der Waals surface area (Å²) in [4.78, 5) is 42.0. The number of nitrogens with one attached hydrogen (secondary N) is 1. The van der Waals surface area contributed by atoms with E-state index in [2.05, 4.69) is 27.2 Å². The summed E-state index contributed by atoms with van der Waals surface area (Å²) in [5.41, 5.74) is -1.37. The smallest absolute Gasteiger partial charge is 0.405 e. The van der Waals surface area contributed by atoms with E-state index in [1.54, 1.807) is 13.1 Å². The van der Waals surface area contributed by atoms with Crippen molar-refractivity contribution in [1.82, 2.24) is 29.5 Å². The molecule has 3 heterocycles. The predicted octanol–water partition coefficient (Wildman–Crippen LogP) is 1.84.